The first-order chi connectivity index (χ1) is 8.57. The molecule has 1 amide bonds. The number of benzene rings is 1. The van der Waals surface area contributed by atoms with Crippen molar-refractivity contribution in [1.82, 2.24) is 4.90 Å². The topological polar surface area (TPSA) is 49.8 Å². The maximum atomic E-state index is 11.8. The van der Waals surface area contributed by atoms with E-state index < -0.39 is 5.60 Å². The van der Waals surface area contributed by atoms with Gasteiger partial charge in [0, 0.05) is 13.1 Å². The molecule has 0 aliphatic carbocycles. The molecule has 1 aliphatic heterocycles. The molecule has 4 nitrogen and oxygen atoms in total. The first-order valence-corrected chi connectivity index (χ1v) is 6.25. The van der Waals surface area contributed by atoms with E-state index in [1.165, 1.54) is 0 Å². The Morgan fingerprint density at radius 1 is 1.33 bits per heavy atom. The molecule has 4 heteroatoms. The number of rotatable bonds is 2. The Bertz CT molecular complexity index is 393. The number of hydrogen-bond acceptors (Lipinski definition) is 3. The first-order valence-electron chi connectivity index (χ1n) is 6.25. The summed E-state index contributed by atoms with van der Waals surface area (Å²) in [4.78, 5) is 13.5. The molecule has 1 N–H and O–H groups in total. The van der Waals surface area contributed by atoms with Crippen molar-refractivity contribution >= 4 is 6.09 Å². The lowest BCUT2D eigenvalue weighted by Gasteiger charge is -2.35. The summed E-state index contributed by atoms with van der Waals surface area (Å²) >= 11 is 0. The van der Waals surface area contributed by atoms with Crippen LogP contribution in [-0.4, -0.2) is 34.8 Å². The monoisotopic (exact) mass is 249 g/mol. The Kier molecular flexibility index (Phi) is 3.87. The van der Waals surface area contributed by atoms with Crippen LogP contribution in [0, 0.1) is 0 Å². The number of carbonyl (C=O) groups excluding carboxylic acids is 1. The second-order valence-electron chi connectivity index (χ2n) is 5.02. The Labute approximate surface area is 107 Å². The van der Waals surface area contributed by atoms with Gasteiger partial charge in [-0.3, -0.25) is 0 Å². The molecule has 1 aliphatic rings. The van der Waals surface area contributed by atoms with Crippen molar-refractivity contribution in [2.45, 2.75) is 32.0 Å². The average molecular weight is 249 g/mol. The zero-order valence-corrected chi connectivity index (χ0v) is 10.6. The smallest absolute Gasteiger partial charge is 0.410 e. The summed E-state index contributed by atoms with van der Waals surface area (Å²) in [6.45, 7) is 3.22. The lowest BCUT2D eigenvalue weighted by Crippen LogP contribution is -2.45. The van der Waals surface area contributed by atoms with E-state index in [0.29, 0.717) is 32.5 Å². The molecule has 1 aromatic carbocycles. The van der Waals surface area contributed by atoms with E-state index >= 15 is 0 Å². The summed E-state index contributed by atoms with van der Waals surface area (Å²) in [5, 5.41) is 9.80. The van der Waals surface area contributed by atoms with E-state index in [4.69, 9.17) is 4.74 Å². The highest BCUT2D eigenvalue weighted by atomic mass is 16.6. The van der Waals surface area contributed by atoms with E-state index in [1.54, 1.807) is 11.8 Å². The fraction of sp³-hybridized carbons (Fsp3) is 0.500. The van der Waals surface area contributed by atoms with Crippen LogP contribution in [0.1, 0.15) is 25.3 Å². The molecule has 18 heavy (non-hydrogen) atoms. The summed E-state index contributed by atoms with van der Waals surface area (Å²) in [6.07, 6.45) is 0.912. The highest BCUT2D eigenvalue weighted by Gasteiger charge is 2.30. The van der Waals surface area contributed by atoms with Gasteiger partial charge in [-0.25, -0.2) is 4.79 Å². The predicted octanol–water partition coefficient (Wildman–Crippen LogP) is 2.17. The van der Waals surface area contributed by atoms with E-state index in [-0.39, 0.29) is 6.09 Å². The summed E-state index contributed by atoms with van der Waals surface area (Å²) in [7, 11) is 0. The summed E-state index contributed by atoms with van der Waals surface area (Å²) in [5.74, 6) is 0. The van der Waals surface area contributed by atoms with Gasteiger partial charge in [-0.05, 0) is 25.3 Å². The summed E-state index contributed by atoms with van der Waals surface area (Å²) < 4.78 is 5.24. The van der Waals surface area contributed by atoms with Crippen LogP contribution in [0.3, 0.4) is 0 Å². The molecule has 0 spiro atoms. The van der Waals surface area contributed by atoms with Gasteiger partial charge in [0.15, 0.2) is 0 Å². The van der Waals surface area contributed by atoms with Crippen LogP contribution in [-0.2, 0) is 11.3 Å². The van der Waals surface area contributed by atoms with Gasteiger partial charge in [-0.2, -0.15) is 0 Å². The maximum Gasteiger partial charge on any atom is 0.410 e. The zero-order valence-electron chi connectivity index (χ0n) is 10.6. The fourth-order valence-electron chi connectivity index (χ4n) is 1.98. The third kappa shape index (κ3) is 3.47. The lowest BCUT2D eigenvalue weighted by atomic mass is 9.94. The molecule has 98 valence electrons. The first kappa shape index (κ1) is 12.9. The Balaban J connectivity index is 1.79. The van der Waals surface area contributed by atoms with Crippen molar-refractivity contribution in [2.75, 3.05) is 13.1 Å². The van der Waals surface area contributed by atoms with Gasteiger partial charge >= 0.3 is 6.09 Å². The summed E-state index contributed by atoms with van der Waals surface area (Å²) in [6, 6.07) is 9.61. The second kappa shape index (κ2) is 5.40. The van der Waals surface area contributed by atoms with E-state index in [9.17, 15) is 9.90 Å². The molecule has 2 rings (SSSR count). The van der Waals surface area contributed by atoms with Crippen molar-refractivity contribution in [3.8, 4) is 0 Å². The number of hydrogen-bond donors (Lipinski definition) is 1. The third-order valence-electron chi connectivity index (χ3n) is 3.30. The van der Waals surface area contributed by atoms with Gasteiger partial charge < -0.3 is 14.7 Å². The lowest BCUT2D eigenvalue weighted by molar-refractivity contribution is -0.00676. The van der Waals surface area contributed by atoms with Crippen molar-refractivity contribution < 1.29 is 14.6 Å². The van der Waals surface area contributed by atoms with E-state index in [1.807, 2.05) is 30.3 Å². The normalized spacial score (nSPS) is 18.4. The van der Waals surface area contributed by atoms with Crippen LogP contribution in [0.25, 0.3) is 0 Å². The number of nitrogens with zero attached hydrogens (tertiary/aromatic N) is 1. The molecule has 1 aromatic rings. The van der Waals surface area contributed by atoms with Gasteiger partial charge in [0.1, 0.15) is 6.61 Å². The molecule has 1 fully saturated rings. The molecule has 0 aromatic heterocycles. The van der Waals surface area contributed by atoms with Crippen LogP contribution in [0.2, 0.25) is 0 Å². The summed E-state index contributed by atoms with van der Waals surface area (Å²) in [5.41, 5.74) is 0.339. The largest absolute Gasteiger partial charge is 0.445 e. The Hall–Kier alpha value is -1.55. The van der Waals surface area contributed by atoms with Gasteiger partial charge in [-0.15, -0.1) is 0 Å². The maximum absolute atomic E-state index is 11.8. The molecule has 1 heterocycles. The minimum atomic E-state index is -0.643. The number of aliphatic hydroxyl groups is 1. The van der Waals surface area contributed by atoms with Crippen LogP contribution < -0.4 is 0 Å². The van der Waals surface area contributed by atoms with Gasteiger partial charge in [-0.1, -0.05) is 30.3 Å². The molecular formula is C14H19NO3. The van der Waals surface area contributed by atoms with E-state index in [0.717, 1.165) is 5.56 Å². The SMILES string of the molecule is CC1(O)CCN(C(=O)OCc2ccccc2)CC1. The Morgan fingerprint density at radius 2 is 1.94 bits per heavy atom. The van der Waals surface area contributed by atoms with Crippen LogP contribution in [0.4, 0.5) is 4.79 Å². The average Bonchev–Trinajstić information content (AvgIpc) is 2.37. The molecule has 0 saturated carbocycles. The second-order valence-corrected chi connectivity index (χ2v) is 5.02. The number of ether oxygens (including phenoxy) is 1. The quantitative estimate of drug-likeness (QED) is 0.874. The van der Waals surface area contributed by atoms with Crippen molar-refractivity contribution in [3.63, 3.8) is 0 Å². The predicted molar refractivity (Wildman–Crippen MR) is 68.1 cm³/mol. The highest BCUT2D eigenvalue weighted by Crippen LogP contribution is 2.21. The van der Waals surface area contributed by atoms with Crippen molar-refractivity contribution in [3.05, 3.63) is 35.9 Å². The van der Waals surface area contributed by atoms with Crippen molar-refractivity contribution in [1.29, 1.82) is 0 Å². The van der Waals surface area contributed by atoms with Crippen molar-refractivity contribution in [2.24, 2.45) is 0 Å². The van der Waals surface area contributed by atoms with Gasteiger partial charge in [0.2, 0.25) is 0 Å². The highest BCUT2D eigenvalue weighted by molar-refractivity contribution is 5.67. The van der Waals surface area contributed by atoms with E-state index in [2.05, 4.69) is 0 Å². The number of carbonyl (C=O) groups is 1. The number of likely N-dealkylation sites (tertiary alicyclic amines) is 1. The van der Waals surface area contributed by atoms with Crippen LogP contribution >= 0.6 is 0 Å². The number of amides is 1. The molecule has 0 bridgehead atoms. The van der Waals surface area contributed by atoms with Crippen LogP contribution in [0.15, 0.2) is 30.3 Å². The molecule has 1 saturated heterocycles. The van der Waals surface area contributed by atoms with Crippen LogP contribution in [0.5, 0.6) is 0 Å². The number of piperidine rings is 1. The molecule has 0 radical (unpaired) electrons. The van der Waals surface area contributed by atoms with Gasteiger partial charge in [0.05, 0.1) is 5.60 Å². The Morgan fingerprint density at radius 3 is 2.56 bits per heavy atom. The van der Waals surface area contributed by atoms with Gasteiger partial charge in [0.25, 0.3) is 0 Å². The zero-order chi connectivity index (χ0) is 13.0. The minimum Gasteiger partial charge on any atom is -0.445 e. The minimum absolute atomic E-state index is 0.297. The standard InChI is InChI=1S/C14H19NO3/c1-14(17)7-9-15(10-8-14)13(16)18-11-12-5-3-2-4-6-12/h2-6,17H,7-11H2,1H3. The fourth-order valence-corrected chi connectivity index (χ4v) is 1.98. The third-order valence-corrected chi connectivity index (χ3v) is 3.30. The molecule has 0 unspecified atom stereocenters. The molecular weight excluding hydrogens is 230 g/mol. The molecule has 0 atom stereocenters.